The average Bonchev–Trinajstić information content (AvgIpc) is 3.21. The summed E-state index contributed by atoms with van der Waals surface area (Å²) in [5, 5.41) is 6.05. The van der Waals surface area contributed by atoms with Crippen LogP contribution in [0.3, 0.4) is 0 Å². The molecule has 0 saturated carbocycles. The molecule has 2 aromatic rings. The van der Waals surface area contributed by atoms with E-state index in [0.29, 0.717) is 0 Å². The maximum absolute atomic E-state index is 5.68. The van der Waals surface area contributed by atoms with Crippen LogP contribution in [0.1, 0.15) is 33.3 Å². The molecule has 2 aromatic carbocycles. The van der Waals surface area contributed by atoms with Gasteiger partial charge in [-0.1, -0.05) is 58.0 Å². The van der Waals surface area contributed by atoms with Crippen molar-refractivity contribution in [2.24, 2.45) is 9.85 Å². The summed E-state index contributed by atoms with van der Waals surface area (Å²) in [6.07, 6.45) is 2.05. The van der Waals surface area contributed by atoms with E-state index in [0.717, 1.165) is 24.5 Å². The number of hydrogen-bond donors (Lipinski definition) is 0. The van der Waals surface area contributed by atoms with Crippen molar-refractivity contribution in [2.75, 3.05) is 39.2 Å². The predicted octanol–water partition coefficient (Wildman–Crippen LogP) is 6.27. The number of anilines is 1. The van der Waals surface area contributed by atoms with Crippen molar-refractivity contribution >= 4 is 24.9 Å². The summed E-state index contributed by atoms with van der Waals surface area (Å²) in [5.74, 6) is 0.783. The second kappa shape index (κ2) is 8.42. The summed E-state index contributed by atoms with van der Waals surface area (Å²) in [6, 6.07) is 16.7. The first kappa shape index (κ1) is 22.6. The number of benzene rings is 2. The minimum atomic E-state index is -2.39. The van der Waals surface area contributed by atoms with Crippen molar-refractivity contribution < 1.29 is 4.74 Å². The Morgan fingerprint density at radius 2 is 1.69 bits per heavy atom. The zero-order valence-electron chi connectivity index (χ0n) is 20.2. The SMILES string of the molecule is CCN(CC)P1(=Nc2ccccc2OC)C(=C2N(C)c3ccccc3C2(C)C)C=NN1C. The van der Waals surface area contributed by atoms with Crippen LogP contribution in [-0.2, 0) is 5.41 Å². The third-order valence-electron chi connectivity index (χ3n) is 6.64. The molecular formula is C25H34N5OP. The van der Waals surface area contributed by atoms with Gasteiger partial charge in [0.15, 0.2) is 7.36 Å². The Labute approximate surface area is 192 Å². The number of hydrogen-bond acceptors (Lipinski definition) is 4. The lowest BCUT2D eigenvalue weighted by molar-refractivity contribution is 0.415. The number of ether oxygens (including phenoxy) is 1. The molecule has 2 aliphatic rings. The fraction of sp³-hybridized carbons (Fsp3) is 0.400. The van der Waals surface area contributed by atoms with Gasteiger partial charge in [0, 0.05) is 44.0 Å². The molecule has 0 aliphatic carbocycles. The number of fused-ring (bicyclic) bond motifs is 1. The van der Waals surface area contributed by atoms with Gasteiger partial charge in [0.1, 0.15) is 11.4 Å². The summed E-state index contributed by atoms with van der Waals surface area (Å²) in [7, 11) is 3.54. The lowest BCUT2D eigenvalue weighted by atomic mass is 9.84. The molecule has 0 bridgehead atoms. The fourth-order valence-corrected chi connectivity index (χ4v) is 8.82. The highest BCUT2D eigenvalue weighted by Crippen LogP contribution is 2.69. The molecule has 0 saturated heterocycles. The van der Waals surface area contributed by atoms with E-state index in [2.05, 4.69) is 80.4 Å². The third-order valence-corrected chi connectivity index (χ3v) is 10.4. The van der Waals surface area contributed by atoms with Crippen LogP contribution < -0.4 is 9.64 Å². The minimum Gasteiger partial charge on any atom is -0.494 e. The Hall–Kier alpha value is -2.56. The fourth-order valence-electron chi connectivity index (χ4n) is 5.10. The van der Waals surface area contributed by atoms with Crippen molar-refractivity contribution in [1.82, 2.24) is 9.45 Å². The van der Waals surface area contributed by atoms with E-state index in [1.165, 1.54) is 22.3 Å². The van der Waals surface area contributed by atoms with Gasteiger partial charge in [0.2, 0.25) is 0 Å². The number of rotatable bonds is 5. The van der Waals surface area contributed by atoms with Gasteiger partial charge in [0.05, 0.1) is 18.6 Å². The zero-order valence-corrected chi connectivity index (χ0v) is 21.1. The quantitative estimate of drug-likeness (QED) is 0.503. The van der Waals surface area contributed by atoms with E-state index < -0.39 is 7.36 Å². The first-order valence-electron chi connectivity index (χ1n) is 11.2. The van der Waals surface area contributed by atoms with E-state index in [9.17, 15) is 0 Å². The molecule has 7 heteroatoms. The number of hydrazone groups is 1. The third kappa shape index (κ3) is 3.20. The first-order chi connectivity index (χ1) is 15.3. The van der Waals surface area contributed by atoms with Gasteiger partial charge >= 0.3 is 0 Å². The summed E-state index contributed by atoms with van der Waals surface area (Å²) >= 11 is 0. The molecule has 0 amide bonds. The van der Waals surface area contributed by atoms with Crippen LogP contribution in [0.2, 0.25) is 0 Å². The largest absolute Gasteiger partial charge is 0.494 e. The molecule has 0 aromatic heterocycles. The van der Waals surface area contributed by atoms with Gasteiger partial charge < -0.3 is 9.64 Å². The van der Waals surface area contributed by atoms with Gasteiger partial charge in [-0.3, -0.25) is 0 Å². The Bertz CT molecular complexity index is 1130. The number of likely N-dealkylation sites (N-methyl/N-ethyl adjacent to an activating group) is 1. The molecule has 4 rings (SSSR count). The predicted molar refractivity (Wildman–Crippen MR) is 136 cm³/mol. The summed E-state index contributed by atoms with van der Waals surface area (Å²) in [5.41, 5.74) is 4.56. The molecule has 0 fully saturated rings. The molecule has 1 atom stereocenters. The van der Waals surface area contributed by atoms with E-state index in [1.807, 2.05) is 30.5 Å². The molecule has 2 heterocycles. The summed E-state index contributed by atoms with van der Waals surface area (Å²) in [4.78, 5) is 2.34. The molecule has 32 heavy (non-hydrogen) atoms. The van der Waals surface area contributed by atoms with Gasteiger partial charge in [-0.25, -0.2) is 14.2 Å². The van der Waals surface area contributed by atoms with Crippen molar-refractivity contribution in [3.63, 3.8) is 0 Å². The van der Waals surface area contributed by atoms with Crippen LogP contribution in [0.4, 0.5) is 11.4 Å². The van der Waals surface area contributed by atoms with E-state index in [-0.39, 0.29) is 5.41 Å². The minimum absolute atomic E-state index is 0.160. The second-order valence-electron chi connectivity index (χ2n) is 8.65. The molecular weight excluding hydrogens is 417 g/mol. The summed E-state index contributed by atoms with van der Waals surface area (Å²) < 4.78 is 15.7. The van der Waals surface area contributed by atoms with Crippen molar-refractivity contribution in [3.8, 4) is 5.75 Å². The molecule has 170 valence electrons. The molecule has 1 unspecified atom stereocenters. The first-order valence-corrected chi connectivity index (χ1v) is 12.8. The zero-order chi connectivity index (χ0) is 23.1. The Balaban J connectivity index is 2.08. The van der Waals surface area contributed by atoms with Crippen molar-refractivity contribution in [3.05, 3.63) is 65.1 Å². The highest BCUT2D eigenvalue weighted by atomic mass is 31.2. The Kier molecular flexibility index (Phi) is 5.95. The number of nitrogens with zero attached hydrogens (tertiary/aromatic N) is 5. The second-order valence-corrected chi connectivity index (χ2v) is 11.6. The summed E-state index contributed by atoms with van der Waals surface area (Å²) in [6.45, 7) is 10.8. The molecule has 0 radical (unpaired) electrons. The Morgan fingerprint density at radius 1 is 1.03 bits per heavy atom. The van der Waals surface area contributed by atoms with Crippen LogP contribution >= 0.6 is 7.36 Å². The average molecular weight is 452 g/mol. The molecule has 6 nitrogen and oxygen atoms in total. The van der Waals surface area contributed by atoms with Crippen LogP contribution in [-0.4, -0.2) is 50.0 Å². The van der Waals surface area contributed by atoms with Crippen LogP contribution in [0.15, 0.2) is 69.4 Å². The Morgan fingerprint density at radius 3 is 2.34 bits per heavy atom. The number of para-hydroxylation sites is 2. The van der Waals surface area contributed by atoms with Gasteiger partial charge in [-0.05, 0) is 23.8 Å². The van der Waals surface area contributed by atoms with E-state index >= 15 is 0 Å². The maximum atomic E-state index is 5.68. The topological polar surface area (TPSA) is 43.7 Å². The van der Waals surface area contributed by atoms with Crippen LogP contribution in [0.5, 0.6) is 5.75 Å². The highest BCUT2D eigenvalue weighted by molar-refractivity contribution is 7.67. The standard InChI is InChI=1S/C25H34N5OP/c1-8-30(9-2)32(27-20-15-11-13-17-22(20)31-7)23(18-26-29(32)6)24-25(3,4)19-14-10-12-16-21(19)28(24)5/h10-18H,8-9H2,1-7H3. The molecule has 2 aliphatic heterocycles. The monoisotopic (exact) mass is 451 g/mol. The van der Waals surface area contributed by atoms with Crippen LogP contribution in [0, 0.1) is 0 Å². The smallest absolute Gasteiger partial charge is 0.174 e. The normalized spacial score (nSPS) is 23.8. The van der Waals surface area contributed by atoms with E-state index in [1.54, 1.807) is 7.11 Å². The van der Waals surface area contributed by atoms with Gasteiger partial charge in [0.25, 0.3) is 0 Å². The molecule has 0 N–H and O–H groups in total. The lowest BCUT2D eigenvalue weighted by Gasteiger charge is -2.39. The van der Waals surface area contributed by atoms with Crippen LogP contribution in [0.25, 0.3) is 0 Å². The maximum Gasteiger partial charge on any atom is 0.174 e. The van der Waals surface area contributed by atoms with Gasteiger partial charge in [-0.15, -0.1) is 0 Å². The van der Waals surface area contributed by atoms with Crippen molar-refractivity contribution in [1.29, 1.82) is 0 Å². The van der Waals surface area contributed by atoms with Crippen molar-refractivity contribution in [2.45, 2.75) is 33.1 Å². The van der Waals surface area contributed by atoms with Gasteiger partial charge in [-0.2, -0.15) is 5.10 Å². The van der Waals surface area contributed by atoms with E-state index in [4.69, 9.17) is 14.6 Å². The number of methoxy groups -OCH3 is 1. The lowest BCUT2D eigenvalue weighted by Crippen LogP contribution is -2.30. The number of allylic oxidation sites excluding steroid dienone is 2. The molecule has 0 spiro atoms. The highest BCUT2D eigenvalue weighted by Gasteiger charge is 2.47.